The Balaban J connectivity index is 1.93. The molecule has 0 atom stereocenters. The van der Waals surface area contributed by atoms with Crippen molar-refractivity contribution >= 4 is 0 Å². The first kappa shape index (κ1) is 13.2. The average molecular weight is 277 g/mol. The van der Waals surface area contributed by atoms with Gasteiger partial charge in [0, 0.05) is 18.2 Å². The normalized spacial score (nSPS) is 15.0. The van der Waals surface area contributed by atoms with Crippen LogP contribution in [0.4, 0.5) is 8.78 Å². The monoisotopic (exact) mass is 277 g/mol. The van der Waals surface area contributed by atoms with Crippen molar-refractivity contribution in [1.82, 2.24) is 15.1 Å². The number of benzene rings is 1. The van der Waals surface area contributed by atoms with Gasteiger partial charge >= 0.3 is 0 Å². The van der Waals surface area contributed by atoms with E-state index in [1.165, 1.54) is 4.68 Å². The molecule has 1 aromatic carbocycles. The molecule has 2 aromatic rings. The second-order valence-corrected chi connectivity index (χ2v) is 5.26. The van der Waals surface area contributed by atoms with Crippen molar-refractivity contribution < 1.29 is 8.78 Å². The van der Waals surface area contributed by atoms with Gasteiger partial charge in [-0.1, -0.05) is 12.1 Å². The number of aryl methyl sites for hydroxylation is 1. The topological polar surface area (TPSA) is 29.9 Å². The van der Waals surface area contributed by atoms with E-state index >= 15 is 0 Å². The van der Waals surface area contributed by atoms with Crippen molar-refractivity contribution in [2.24, 2.45) is 0 Å². The first-order chi connectivity index (χ1) is 9.65. The molecule has 0 aliphatic heterocycles. The van der Waals surface area contributed by atoms with Crippen molar-refractivity contribution in [1.29, 1.82) is 0 Å². The van der Waals surface area contributed by atoms with Crippen molar-refractivity contribution in [2.45, 2.75) is 38.8 Å². The Kier molecular flexibility index (Phi) is 3.53. The molecule has 1 aliphatic rings. The lowest BCUT2D eigenvalue weighted by atomic mass is 10.2. The molecule has 20 heavy (non-hydrogen) atoms. The molecule has 1 heterocycles. The maximum absolute atomic E-state index is 13.4. The van der Waals surface area contributed by atoms with Crippen LogP contribution in [-0.2, 0) is 6.54 Å². The summed E-state index contributed by atoms with van der Waals surface area (Å²) in [5, 5.41) is 7.40. The third kappa shape index (κ3) is 2.72. The minimum atomic E-state index is -2.53. The molecule has 0 spiro atoms. The van der Waals surface area contributed by atoms with Crippen LogP contribution in [0, 0.1) is 6.92 Å². The van der Waals surface area contributed by atoms with Gasteiger partial charge in [0.1, 0.15) is 5.69 Å². The number of halogens is 2. The summed E-state index contributed by atoms with van der Waals surface area (Å²) in [4.78, 5) is 0. The fraction of sp³-hybridized carbons (Fsp3) is 0.400. The molecule has 0 amide bonds. The van der Waals surface area contributed by atoms with Crippen molar-refractivity contribution in [3.63, 3.8) is 0 Å². The van der Waals surface area contributed by atoms with E-state index in [0.717, 1.165) is 18.4 Å². The third-order valence-corrected chi connectivity index (χ3v) is 3.50. The molecule has 3 rings (SSSR count). The molecule has 3 nitrogen and oxygen atoms in total. The smallest absolute Gasteiger partial charge is 0.280 e. The molecule has 0 unspecified atom stereocenters. The fourth-order valence-electron chi connectivity index (χ4n) is 2.27. The Hall–Kier alpha value is -1.75. The second kappa shape index (κ2) is 5.32. The molecule has 1 N–H and O–H groups in total. The predicted molar refractivity (Wildman–Crippen MR) is 73.1 cm³/mol. The van der Waals surface area contributed by atoms with Gasteiger partial charge in [-0.2, -0.15) is 5.10 Å². The number of hydrogen-bond acceptors (Lipinski definition) is 2. The molecule has 0 radical (unpaired) electrons. The largest absolute Gasteiger partial charge is 0.310 e. The number of alkyl halides is 2. The van der Waals surface area contributed by atoms with Gasteiger partial charge in [0.05, 0.1) is 11.9 Å². The van der Waals surface area contributed by atoms with E-state index in [-0.39, 0.29) is 5.69 Å². The lowest BCUT2D eigenvalue weighted by Crippen LogP contribution is -2.16. The van der Waals surface area contributed by atoms with Crippen molar-refractivity contribution in [2.75, 3.05) is 0 Å². The summed E-state index contributed by atoms with van der Waals surface area (Å²) in [7, 11) is 0. The quantitative estimate of drug-likeness (QED) is 0.908. The van der Waals surface area contributed by atoms with Crippen LogP contribution in [0.5, 0.6) is 0 Å². The summed E-state index contributed by atoms with van der Waals surface area (Å²) < 4.78 is 28.1. The Morgan fingerprint density at radius 3 is 2.85 bits per heavy atom. The lowest BCUT2D eigenvalue weighted by Gasteiger charge is -2.10. The second-order valence-electron chi connectivity index (χ2n) is 5.26. The summed E-state index contributed by atoms with van der Waals surface area (Å²) in [6.07, 6.45) is 1.28. The van der Waals surface area contributed by atoms with Crippen LogP contribution < -0.4 is 5.32 Å². The van der Waals surface area contributed by atoms with Crippen LogP contribution in [0.3, 0.4) is 0 Å². The van der Waals surface area contributed by atoms with Crippen molar-refractivity contribution in [3.8, 4) is 5.69 Å². The van der Waals surface area contributed by atoms with Crippen molar-refractivity contribution in [3.05, 3.63) is 47.3 Å². The van der Waals surface area contributed by atoms with Crippen LogP contribution in [0.2, 0.25) is 0 Å². The highest BCUT2D eigenvalue weighted by molar-refractivity contribution is 5.38. The Morgan fingerprint density at radius 1 is 1.40 bits per heavy atom. The minimum Gasteiger partial charge on any atom is -0.310 e. The van der Waals surface area contributed by atoms with Gasteiger partial charge in [-0.3, -0.25) is 0 Å². The van der Waals surface area contributed by atoms with E-state index in [4.69, 9.17) is 0 Å². The van der Waals surface area contributed by atoms with E-state index < -0.39 is 6.43 Å². The zero-order valence-electron chi connectivity index (χ0n) is 11.3. The molecule has 1 aliphatic carbocycles. The van der Waals surface area contributed by atoms with Gasteiger partial charge in [-0.15, -0.1) is 0 Å². The summed E-state index contributed by atoms with van der Waals surface area (Å²) in [5.74, 6) is 0. The third-order valence-electron chi connectivity index (χ3n) is 3.50. The van der Waals surface area contributed by atoms with Crippen LogP contribution in [-0.4, -0.2) is 15.8 Å². The number of nitrogens with one attached hydrogen (secondary N) is 1. The summed E-state index contributed by atoms with van der Waals surface area (Å²) in [5.41, 5.74) is 2.27. The maximum atomic E-state index is 13.4. The van der Waals surface area contributed by atoms with E-state index in [1.807, 2.05) is 25.1 Å². The summed E-state index contributed by atoms with van der Waals surface area (Å²) >= 11 is 0. The van der Waals surface area contributed by atoms with E-state index in [0.29, 0.717) is 23.8 Å². The first-order valence-corrected chi connectivity index (χ1v) is 6.80. The van der Waals surface area contributed by atoms with Gasteiger partial charge in [0.25, 0.3) is 6.43 Å². The van der Waals surface area contributed by atoms with Gasteiger partial charge in [0.2, 0.25) is 0 Å². The predicted octanol–water partition coefficient (Wildman–Crippen LogP) is 3.37. The SMILES string of the molecule is Cc1cccc(-n2ncc(CNC3CC3)c2C(F)F)c1. The Labute approximate surface area is 116 Å². The molecular formula is C15H17F2N3. The molecule has 5 heteroatoms. The summed E-state index contributed by atoms with van der Waals surface area (Å²) in [6.45, 7) is 2.39. The first-order valence-electron chi connectivity index (χ1n) is 6.80. The zero-order valence-corrected chi connectivity index (χ0v) is 11.3. The van der Waals surface area contributed by atoms with Gasteiger partial charge in [-0.25, -0.2) is 13.5 Å². The Bertz CT molecular complexity index is 603. The molecule has 1 fully saturated rings. The van der Waals surface area contributed by atoms with Crippen LogP contribution in [0.25, 0.3) is 5.69 Å². The Morgan fingerprint density at radius 2 is 2.20 bits per heavy atom. The lowest BCUT2D eigenvalue weighted by molar-refractivity contribution is 0.141. The van der Waals surface area contributed by atoms with Crippen LogP contribution in [0.1, 0.15) is 36.1 Å². The van der Waals surface area contributed by atoms with Gasteiger partial charge in [-0.05, 0) is 37.5 Å². The molecular weight excluding hydrogens is 260 g/mol. The highest BCUT2D eigenvalue weighted by atomic mass is 19.3. The number of aromatic nitrogens is 2. The number of rotatable bonds is 5. The van der Waals surface area contributed by atoms with E-state index in [9.17, 15) is 8.78 Å². The molecule has 0 bridgehead atoms. The molecule has 106 valence electrons. The maximum Gasteiger partial charge on any atom is 0.280 e. The minimum absolute atomic E-state index is 0.0104. The highest BCUT2D eigenvalue weighted by Crippen LogP contribution is 2.27. The fourth-order valence-corrected chi connectivity index (χ4v) is 2.27. The zero-order chi connectivity index (χ0) is 14.1. The molecule has 0 saturated heterocycles. The average Bonchev–Trinajstić information content (AvgIpc) is 3.14. The molecule has 1 aromatic heterocycles. The standard InChI is InChI=1S/C15H17F2N3/c1-10-3-2-4-13(7-10)20-14(15(16)17)11(9-19-20)8-18-12-5-6-12/h2-4,7,9,12,15,18H,5-6,8H2,1H3. The van der Waals surface area contributed by atoms with Crippen LogP contribution in [0.15, 0.2) is 30.5 Å². The summed E-state index contributed by atoms with van der Waals surface area (Å²) in [6, 6.07) is 7.93. The highest BCUT2D eigenvalue weighted by Gasteiger charge is 2.24. The number of hydrogen-bond donors (Lipinski definition) is 1. The van der Waals surface area contributed by atoms with Gasteiger partial charge in [0.15, 0.2) is 0 Å². The van der Waals surface area contributed by atoms with Crippen LogP contribution >= 0.6 is 0 Å². The van der Waals surface area contributed by atoms with E-state index in [1.54, 1.807) is 12.3 Å². The van der Waals surface area contributed by atoms with Gasteiger partial charge < -0.3 is 5.32 Å². The number of nitrogens with zero attached hydrogens (tertiary/aromatic N) is 2. The molecule has 1 saturated carbocycles. The van der Waals surface area contributed by atoms with E-state index in [2.05, 4.69) is 10.4 Å².